The van der Waals surface area contributed by atoms with Crippen LogP contribution in [0, 0.1) is 0 Å². The van der Waals surface area contributed by atoms with Crippen molar-refractivity contribution in [2.24, 2.45) is 0 Å². The third-order valence-electron chi connectivity index (χ3n) is 2.25. The summed E-state index contributed by atoms with van der Waals surface area (Å²) in [7, 11) is 0. The molecule has 86 valence electrons. The number of hydrogen-bond donors (Lipinski definition) is 1. The van der Waals surface area contributed by atoms with Gasteiger partial charge in [-0.15, -0.1) is 0 Å². The second kappa shape index (κ2) is 4.84. The molecule has 0 radical (unpaired) electrons. The zero-order valence-corrected chi connectivity index (χ0v) is 10.9. The molecule has 0 saturated heterocycles. The Kier molecular flexibility index (Phi) is 3.65. The van der Waals surface area contributed by atoms with Crippen molar-refractivity contribution in [2.45, 2.75) is 13.5 Å². The molecule has 0 aliphatic carbocycles. The predicted octanol–water partition coefficient (Wildman–Crippen LogP) is 4.50. The van der Waals surface area contributed by atoms with Crippen LogP contribution in [-0.2, 0) is 6.54 Å². The maximum atomic E-state index is 6.07. The Morgan fingerprint density at radius 2 is 1.94 bits per heavy atom. The Morgan fingerprint density at radius 1 is 1.19 bits per heavy atom. The molecular formula is C11H10Cl3NO. The second-order valence-corrected chi connectivity index (χ2v) is 4.58. The monoisotopic (exact) mass is 277 g/mol. The Hall–Kier alpha value is -0.410. The summed E-state index contributed by atoms with van der Waals surface area (Å²) in [6.07, 6.45) is 0. The van der Waals surface area contributed by atoms with Gasteiger partial charge < -0.3 is 9.73 Å². The largest absolute Gasteiger partial charge is 0.458 e. The van der Waals surface area contributed by atoms with E-state index >= 15 is 0 Å². The van der Waals surface area contributed by atoms with Crippen LogP contribution < -0.4 is 5.32 Å². The van der Waals surface area contributed by atoms with Gasteiger partial charge in [-0.1, -0.05) is 41.7 Å². The molecule has 0 spiro atoms. The summed E-state index contributed by atoms with van der Waals surface area (Å²) in [6, 6.07) is 3.45. The Bertz CT molecular complexity index is 521. The van der Waals surface area contributed by atoms with Gasteiger partial charge in [0.15, 0.2) is 5.58 Å². The van der Waals surface area contributed by atoms with Crippen molar-refractivity contribution in [1.82, 2.24) is 5.32 Å². The molecule has 0 fully saturated rings. The van der Waals surface area contributed by atoms with Gasteiger partial charge in [0.05, 0.1) is 21.6 Å². The van der Waals surface area contributed by atoms with E-state index in [-0.39, 0.29) is 0 Å². The average Bonchev–Trinajstić information content (AvgIpc) is 2.68. The molecule has 2 aromatic rings. The molecule has 5 heteroatoms. The molecule has 0 aliphatic rings. The van der Waals surface area contributed by atoms with Crippen molar-refractivity contribution in [1.29, 1.82) is 0 Å². The lowest BCUT2D eigenvalue weighted by atomic mass is 10.2. The summed E-state index contributed by atoms with van der Waals surface area (Å²) in [6.45, 7) is 3.55. The van der Waals surface area contributed by atoms with E-state index in [1.165, 1.54) is 0 Å². The SMILES string of the molecule is CCNCc1cc2c(Cl)c(Cl)cc(Cl)c2o1. The van der Waals surface area contributed by atoms with Crippen molar-refractivity contribution in [3.63, 3.8) is 0 Å². The highest BCUT2D eigenvalue weighted by molar-refractivity contribution is 6.47. The summed E-state index contributed by atoms with van der Waals surface area (Å²) in [5, 5.41) is 5.32. The number of fused-ring (bicyclic) bond motifs is 1. The fourth-order valence-electron chi connectivity index (χ4n) is 1.49. The lowest BCUT2D eigenvalue weighted by molar-refractivity contribution is 0.520. The van der Waals surface area contributed by atoms with Crippen LogP contribution in [0.5, 0.6) is 0 Å². The standard InChI is InChI=1S/C11H10Cl3NO/c1-2-15-5-6-3-7-10(14)8(12)4-9(13)11(7)16-6/h3-4,15H,2,5H2,1H3. The van der Waals surface area contributed by atoms with E-state index in [0.29, 0.717) is 27.2 Å². The number of halogens is 3. The molecule has 2 nitrogen and oxygen atoms in total. The molecule has 1 aromatic heterocycles. The van der Waals surface area contributed by atoms with Crippen molar-refractivity contribution >= 4 is 45.8 Å². The van der Waals surface area contributed by atoms with Crippen LogP contribution >= 0.6 is 34.8 Å². The first-order valence-corrected chi connectivity index (χ1v) is 6.03. The van der Waals surface area contributed by atoms with Gasteiger partial charge in [-0.05, 0) is 18.7 Å². The number of rotatable bonds is 3. The Labute approximate surface area is 108 Å². The molecule has 0 saturated carbocycles. The van der Waals surface area contributed by atoms with Gasteiger partial charge >= 0.3 is 0 Å². The lowest BCUT2D eigenvalue weighted by Crippen LogP contribution is -2.10. The Balaban J connectivity index is 2.52. The van der Waals surface area contributed by atoms with Crippen molar-refractivity contribution in [3.8, 4) is 0 Å². The van der Waals surface area contributed by atoms with Crippen molar-refractivity contribution < 1.29 is 4.42 Å². The Morgan fingerprint density at radius 3 is 2.62 bits per heavy atom. The fourth-order valence-corrected chi connectivity index (χ4v) is 2.20. The van der Waals surface area contributed by atoms with E-state index in [1.54, 1.807) is 6.07 Å². The number of nitrogens with one attached hydrogen (secondary N) is 1. The number of benzene rings is 1. The summed E-state index contributed by atoms with van der Waals surface area (Å²) in [5.74, 6) is 0.794. The minimum Gasteiger partial charge on any atom is -0.458 e. The zero-order valence-electron chi connectivity index (χ0n) is 8.61. The molecule has 0 unspecified atom stereocenters. The van der Waals surface area contributed by atoms with Gasteiger partial charge in [-0.3, -0.25) is 0 Å². The van der Waals surface area contributed by atoms with Gasteiger partial charge in [0.1, 0.15) is 5.76 Å². The molecule has 2 rings (SSSR count). The van der Waals surface area contributed by atoms with Gasteiger partial charge in [-0.25, -0.2) is 0 Å². The maximum Gasteiger partial charge on any atom is 0.154 e. The molecule has 0 atom stereocenters. The quantitative estimate of drug-likeness (QED) is 0.836. The zero-order chi connectivity index (χ0) is 11.7. The maximum absolute atomic E-state index is 6.07. The highest BCUT2D eigenvalue weighted by atomic mass is 35.5. The summed E-state index contributed by atoms with van der Waals surface area (Å²) >= 11 is 18.0. The van der Waals surface area contributed by atoms with Crippen LogP contribution in [0.3, 0.4) is 0 Å². The van der Waals surface area contributed by atoms with E-state index in [9.17, 15) is 0 Å². The van der Waals surface area contributed by atoms with E-state index in [2.05, 4.69) is 5.32 Å². The average molecular weight is 279 g/mol. The molecule has 1 heterocycles. The first-order valence-electron chi connectivity index (χ1n) is 4.90. The van der Waals surface area contributed by atoms with Gasteiger partial charge in [0, 0.05) is 5.39 Å². The second-order valence-electron chi connectivity index (χ2n) is 3.39. The molecular weight excluding hydrogens is 268 g/mol. The molecule has 0 amide bonds. The third kappa shape index (κ3) is 2.16. The van der Waals surface area contributed by atoms with Crippen LogP contribution in [0.15, 0.2) is 16.5 Å². The van der Waals surface area contributed by atoms with Gasteiger partial charge in [0.2, 0.25) is 0 Å². The number of hydrogen-bond acceptors (Lipinski definition) is 2. The third-order valence-corrected chi connectivity index (χ3v) is 3.33. The molecule has 16 heavy (non-hydrogen) atoms. The van der Waals surface area contributed by atoms with E-state index in [0.717, 1.165) is 17.7 Å². The van der Waals surface area contributed by atoms with Crippen LogP contribution in [-0.4, -0.2) is 6.54 Å². The van der Waals surface area contributed by atoms with Crippen LogP contribution in [0.25, 0.3) is 11.0 Å². The molecule has 1 aromatic carbocycles. The van der Waals surface area contributed by atoms with Crippen molar-refractivity contribution in [2.75, 3.05) is 6.54 Å². The molecule has 0 aliphatic heterocycles. The van der Waals surface area contributed by atoms with Crippen LogP contribution in [0.2, 0.25) is 15.1 Å². The predicted molar refractivity (Wildman–Crippen MR) is 68.6 cm³/mol. The van der Waals surface area contributed by atoms with Gasteiger partial charge in [-0.2, -0.15) is 0 Å². The first kappa shape index (κ1) is 12.1. The van der Waals surface area contributed by atoms with E-state index in [4.69, 9.17) is 39.2 Å². The highest BCUT2D eigenvalue weighted by Gasteiger charge is 2.13. The van der Waals surface area contributed by atoms with Crippen LogP contribution in [0.1, 0.15) is 12.7 Å². The minimum absolute atomic E-state index is 0.440. The topological polar surface area (TPSA) is 25.2 Å². The van der Waals surface area contributed by atoms with Crippen LogP contribution in [0.4, 0.5) is 0 Å². The first-order chi connectivity index (χ1) is 7.63. The number of furan rings is 1. The molecule has 1 N–H and O–H groups in total. The minimum atomic E-state index is 0.440. The normalized spacial score (nSPS) is 11.2. The summed E-state index contributed by atoms with van der Waals surface area (Å²) in [5.41, 5.74) is 0.587. The van der Waals surface area contributed by atoms with E-state index in [1.807, 2.05) is 13.0 Å². The smallest absolute Gasteiger partial charge is 0.154 e. The molecule has 0 bridgehead atoms. The van der Waals surface area contributed by atoms with Gasteiger partial charge in [0.25, 0.3) is 0 Å². The van der Waals surface area contributed by atoms with E-state index < -0.39 is 0 Å². The highest BCUT2D eigenvalue weighted by Crippen LogP contribution is 2.37. The summed E-state index contributed by atoms with van der Waals surface area (Å²) < 4.78 is 5.60. The van der Waals surface area contributed by atoms with Crippen molar-refractivity contribution in [3.05, 3.63) is 33.0 Å². The summed E-state index contributed by atoms with van der Waals surface area (Å²) in [4.78, 5) is 0. The fraction of sp³-hybridized carbons (Fsp3) is 0.273. The lowest BCUT2D eigenvalue weighted by Gasteiger charge is -1.98.